The van der Waals surface area contributed by atoms with Gasteiger partial charge in [-0.2, -0.15) is 9.57 Å². The maximum atomic E-state index is 13.0. The van der Waals surface area contributed by atoms with Crippen molar-refractivity contribution in [3.05, 3.63) is 53.6 Å². The van der Waals surface area contributed by atoms with Gasteiger partial charge < -0.3 is 14.8 Å². The first-order chi connectivity index (χ1) is 14.4. The third kappa shape index (κ3) is 4.90. The standard InChI is InChI=1S/C21H23N3O5S/c1-28-19-10-5-16(11-20(19)29-2)13-23-21(25)14-24(17-6-7-17)30(26,27)18-8-3-15(12-22)4-9-18/h3-5,8-11,17H,6-7,13-14H2,1-2H3,(H,23,25). The highest BCUT2D eigenvalue weighted by Crippen LogP contribution is 2.32. The molecule has 1 aliphatic carbocycles. The highest BCUT2D eigenvalue weighted by Gasteiger charge is 2.39. The van der Waals surface area contributed by atoms with Crippen LogP contribution in [0.1, 0.15) is 24.0 Å². The molecule has 3 rings (SSSR count). The van der Waals surface area contributed by atoms with Gasteiger partial charge in [0, 0.05) is 12.6 Å². The summed E-state index contributed by atoms with van der Waals surface area (Å²) >= 11 is 0. The molecule has 0 bridgehead atoms. The van der Waals surface area contributed by atoms with E-state index in [0.29, 0.717) is 17.1 Å². The van der Waals surface area contributed by atoms with E-state index < -0.39 is 15.9 Å². The van der Waals surface area contributed by atoms with Crippen LogP contribution in [0.15, 0.2) is 47.4 Å². The van der Waals surface area contributed by atoms with Crippen LogP contribution in [0.25, 0.3) is 0 Å². The third-order valence-corrected chi connectivity index (χ3v) is 6.69. The zero-order valence-corrected chi connectivity index (χ0v) is 17.6. The van der Waals surface area contributed by atoms with E-state index in [1.807, 2.05) is 6.07 Å². The van der Waals surface area contributed by atoms with Gasteiger partial charge in [0.1, 0.15) is 0 Å². The fourth-order valence-corrected chi connectivity index (χ4v) is 4.64. The highest BCUT2D eigenvalue weighted by atomic mass is 32.2. The molecule has 2 aromatic rings. The molecule has 30 heavy (non-hydrogen) atoms. The number of hydrogen-bond acceptors (Lipinski definition) is 6. The van der Waals surface area contributed by atoms with Crippen molar-refractivity contribution in [1.29, 1.82) is 5.26 Å². The van der Waals surface area contributed by atoms with E-state index in [9.17, 15) is 13.2 Å². The number of carbonyl (C=O) groups is 1. The Morgan fingerprint density at radius 2 is 1.80 bits per heavy atom. The number of rotatable bonds is 9. The molecule has 1 fully saturated rings. The van der Waals surface area contributed by atoms with Gasteiger partial charge in [-0.25, -0.2) is 8.42 Å². The largest absolute Gasteiger partial charge is 0.493 e. The summed E-state index contributed by atoms with van der Waals surface area (Å²) in [6, 6.07) is 12.8. The summed E-state index contributed by atoms with van der Waals surface area (Å²) in [6.07, 6.45) is 1.44. The van der Waals surface area contributed by atoms with Crippen LogP contribution >= 0.6 is 0 Å². The topological polar surface area (TPSA) is 109 Å². The van der Waals surface area contributed by atoms with Gasteiger partial charge in [0.25, 0.3) is 0 Å². The molecule has 0 aromatic heterocycles. The minimum Gasteiger partial charge on any atom is -0.493 e. The SMILES string of the molecule is COc1ccc(CNC(=O)CN(C2CC2)S(=O)(=O)c2ccc(C#N)cc2)cc1OC. The number of nitrogens with one attached hydrogen (secondary N) is 1. The van der Waals surface area contributed by atoms with Crippen molar-refractivity contribution in [3.63, 3.8) is 0 Å². The summed E-state index contributed by atoms with van der Waals surface area (Å²) in [4.78, 5) is 12.6. The summed E-state index contributed by atoms with van der Waals surface area (Å²) in [5.74, 6) is 0.738. The molecule has 1 aliphatic rings. The van der Waals surface area contributed by atoms with Crippen molar-refractivity contribution in [2.75, 3.05) is 20.8 Å². The Bertz CT molecular complexity index is 1060. The quantitative estimate of drug-likeness (QED) is 0.653. The molecule has 1 saturated carbocycles. The molecular formula is C21H23N3O5S. The summed E-state index contributed by atoms with van der Waals surface area (Å²) in [6.45, 7) is -0.0328. The lowest BCUT2D eigenvalue weighted by Gasteiger charge is -2.21. The van der Waals surface area contributed by atoms with Crippen LogP contribution < -0.4 is 14.8 Å². The highest BCUT2D eigenvalue weighted by molar-refractivity contribution is 7.89. The minimum absolute atomic E-state index is 0.0705. The lowest BCUT2D eigenvalue weighted by Crippen LogP contribution is -2.41. The van der Waals surface area contributed by atoms with Crippen molar-refractivity contribution in [3.8, 4) is 17.6 Å². The molecule has 0 saturated heterocycles. The second-order valence-corrected chi connectivity index (χ2v) is 8.77. The van der Waals surface area contributed by atoms with Crippen LogP contribution in [0, 0.1) is 11.3 Å². The van der Waals surface area contributed by atoms with Gasteiger partial charge in [-0.05, 0) is 54.8 Å². The van der Waals surface area contributed by atoms with Gasteiger partial charge >= 0.3 is 0 Å². The van der Waals surface area contributed by atoms with E-state index in [2.05, 4.69) is 5.32 Å². The van der Waals surface area contributed by atoms with Crippen LogP contribution in [-0.4, -0.2) is 45.4 Å². The molecule has 0 aliphatic heterocycles. The zero-order chi connectivity index (χ0) is 21.7. The molecule has 0 heterocycles. The number of nitriles is 1. The maximum absolute atomic E-state index is 13.0. The maximum Gasteiger partial charge on any atom is 0.243 e. The molecule has 9 heteroatoms. The van der Waals surface area contributed by atoms with Gasteiger partial charge in [0.15, 0.2) is 11.5 Å². The first-order valence-electron chi connectivity index (χ1n) is 9.38. The number of amides is 1. The zero-order valence-electron chi connectivity index (χ0n) is 16.8. The van der Waals surface area contributed by atoms with E-state index in [-0.39, 0.29) is 24.0 Å². The number of carbonyl (C=O) groups excluding carboxylic acids is 1. The second kappa shape index (κ2) is 9.15. The van der Waals surface area contributed by atoms with Gasteiger partial charge in [-0.3, -0.25) is 4.79 Å². The third-order valence-electron chi connectivity index (χ3n) is 4.78. The van der Waals surface area contributed by atoms with E-state index in [1.54, 1.807) is 25.3 Å². The fourth-order valence-electron chi connectivity index (χ4n) is 3.00. The van der Waals surface area contributed by atoms with Crippen LogP contribution in [0.2, 0.25) is 0 Å². The Balaban J connectivity index is 1.68. The predicted octanol–water partition coefficient (Wildman–Crippen LogP) is 2.04. The molecule has 0 unspecified atom stereocenters. The molecule has 8 nitrogen and oxygen atoms in total. The van der Waals surface area contributed by atoms with E-state index in [4.69, 9.17) is 14.7 Å². The number of methoxy groups -OCH3 is 2. The smallest absolute Gasteiger partial charge is 0.243 e. The average molecular weight is 429 g/mol. The lowest BCUT2D eigenvalue weighted by atomic mass is 10.2. The lowest BCUT2D eigenvalue weighted by molar-refractivity contribution is -0.121. The minimum atomic E-state index is -3.83. The van der Waals surface area contributed by atoms with E-state index >= 15 is 0 Å². The predicted molar refractivity (Wildman–Crippen MR) is 109 cm³/mol. The Labute approximate surface area is 176 Å². The molecule has 2 aromatic carbocycles. The van der Waals surface area contributed by atoms with E-state index in [0.717, 1.165) is 18.4 Å². The molecule has 158 valence electrons. The first-order valence-corrected chi connectivity index (χ1v) is 10.8. The second-order valence-electron chi connectivity index (χ2n) is 6.88. The number of sulfonamides is 1. The average Bonchev–Trinajstić information content (AvgIpc) is 3.60. The Hall–Kier alpha value is -3.09. The summed E-state index contributed by atoms with van der Waals surface area (Å²) in [5.41, 5.74) is 1.17. The van der Waals surface area contributed by atoms with Gasteiger partial charge in [0.2, 0.25) is 15.9 Å². The first kappa shape index (κ1) is 21.6. The number of hydrogen-bond donors (Lipinski definition) is 1. The number of benzene rings is 2. The van der Waals surface area contributed by atoms with E-state index in [1.165, 1.54) is 35.7 Å². The van der Waals surface area contributed by atoms with Crippen molar-refractivity contribution < 1.29 is 22.7 Å². The Kier molecular flexibility index (Phi) is 6.59. The van der Waals surface area contributed by atoms with Crippen molar-refractivity contribution in [1.82, 2.24) is 9.62 Å². The number of ether oxygens (including phenoxy) is 2. The Morgan fingerprint density at radius 3 is 2.37 bits per heavy atom. The molecule has 1 N–H and O–H groups in total. The monoisotopic (exact) mass is 429 g/mol. The fraction of sp³-hybridized carbons (Fsp3) is 0.333. The van der Waals surface area contributed by atoms with Gasteiger partial charge in [-0.1, -0.05) is 6.07 Å². The van der Waals surface area contributed by atoms with Crippen molar-refractivity contribution in [2.24, 2.45) is 0 Å². The van der Waals surface area contributed by atoms with Gasteiger partial charge in [0.05, 0.1) is 37.3 Å². The summed E-state index contributed by atoms with van der Waals surface area (Å²) in [5, 5.41) is 11.7. The van der Waals surface area contributed by atoms with Crippen LogP contribution in [0.5, 0.6) is 11.5 Å². The van der Waals surface area contributed by atoms with Crippen LogP contribution in [-0.2, 0) is 21.4 Å². The number of nitrogens with zero attached hydrogens (tertiary/aromatic N) is 2. The van der Waals surface area contributed by atoms with Crippen molar-refractivity contribution in [2.45, 2.75) is 30.3 Å². The molecule has 0 radical (unpaired) electrons. The van der Waals surface area contributed by atoms with Crippen LogP contribution in [0.3, 0.4) is 0 Å². The Morgan fingerprint density at radius 1 is 1.13 bits per heavy atom. The molecule has 1 amide bonds. The summed E-state index contributed by atoms with van der Waals surface area (Å²) in [7, 11) is -0.763. The molecular weight excluding hydrogens is 406 g/mol. The molecule has 0 spiro atoms. The van der Waals surface area contributed by atoms with Crippen molar-refractivity contribution >= 4 is 15.9 Å². The molecule has 0 atom stereocenters. The van der Waals surface area contributed by atoms with Gasteiger partial charge in [-0.15, -0.1) is 0 Å². The van der Waals surface area contributed by atoms with Crippen LogP contribution in [0.4, 0.5) is 0 Å². The normalized spacial score (nSPS) is 13.5. The summed E-state index contributed by atoms with van der Waals surface area (Å²) < 4.78 is 37.7.